The first kappa shape index (κ1) is 16.8. The molecule has 20 heavy (non-hydrogen) atoms. The van der Waals surface area contributed by atoms with Crippen LogP contribution in [0.15, 0.2) is 18.2 Å². The Morgan fingerprint density at radius 3 is 2.55 bits per heavy atom. The Morgan fingerprint density at radius 2 is 2.00 bits per heavy atom. The Balaban J connectivity index is 2.79. The van der Waals surface area contributed by atoms with E-state index in [0.29, 0.717) is 18.1 Å². The van der Waals surface area contributed by atoms with Gasteiger partial charge in [-0.15, -0.1) is 0 Å². The van der Waals surface area contributed by atoms with Crippen molar-refractivity contribution in [3.8, 4) is 11.5 Å². The summed E-state index contributed by atoms with van der Waals surface area (Å²) in [5, 5.41) is 10.3. The van der Waals surface area contributed by atoms with E-state index in [1.807, 2.05) is 32.0 Å². The van der Waals surface area contributed by atoms with Gasteiger partial charge in [0.15, 0.2) is 11.5 Å². The molecule has 5 heteroatoms. The number of hydrogen-bond acceptors (Lipinski definition) is 5. The molecule has 0 radical (unpaired) electrons. The number of hydrogen-bond donors (Lipinski definition) is 2. The molecule has 1 rings (SSSR count). The number of benzene rings is 1. The molecule has 0 aliphatic heterocycles. The summed E-state index contributed by atoms with van der Waals surface area (Å²) >= 11 is 0. The second kappa shape index (κ2) is 8.09. The number of methoxy groups -OCH3 is 1. The van der Waals surface area contributed by atoms with Gasteiger partial charge in [0.2, 0.25) is 0 Å². The number of aliphatic hydroxyl groups is 1. The largest absolute Gasteiger partial charge is 0.493 e. The van der Waals surface area contributed by atoms with Gasteiger partial charge in [-0.2, -0.15) is 0 Å². The Bertz CT molecular complexity index is 410. The monoisotopic (exact) mass is 282 g/mol. The number of ether oxygens (including phenoxy) is 2. The maximum absolute atomic E-state index is 10.3. The van der Waals surface area contributed by atoms with Crippen molar-refractivity contribution in [2.75, 3.05) is 34.4 Å². The smallest absolute Gasteiger partial charge is 0.161 e. The molecular weight excluding hydrogens is 256 g/mol. The molecule has 1 aromatic rings. The molecule has 1 aromatic carbocycles. The van der Waals surface area contributed by atoms with Crippen molar-refractivity contribution in [3.63, 3.8) is 0 Å². The van der Waals surface area contributed by atoms with Crippen LogP contribution in [0.2, 0.25) is 0 Å². The molecule has 0 heterocycles. The first-order valence-corrected chi connectivity index (χ1v) is 6.88. The zero-order valence-corrected chi connectivity index (χ0v) is 12.8. The van der Waals surface area contributed by atoms with Crippen molar-refractivity contribution in [1.82, 2.24) is 4.90 Å². The highest BCUT2D eigenvalue weighted by molar-refractivity contribution is 5.43. The fourth-order valence-corrected chi connectivity index (χ4v) is 1.96. The van der Waals surface area contributed by atoms with Crippen LogP contribution in [0, 0.1) is 0 Å². The predicted octanol–water partition coefficient (Wildman–Crippen LogP) is 1.41. The molecule has 0 aliphatic carbocycles. The molecule has 0 saturated heterocycles. The van der Waals surface area contributed by atoms with Crippen LogP contribution in [0.25, 0.3) is 0 Å². The third-order valence-electron chi connectivity index (χ3n) is 3.14. The Hall–Kier alpha value is -1.30. The fourth-order valence-electron chi connectivity index (χ4n) is 1.96. The second-order valence-corrected chi connectivity index (χ2v) is 5.04. The lowest BCUT2D eigenvalue weighted by Gasteiger charge is -2.22. The average Bonchev–Trinajstić information content (AvgIpc) is 2.44. The number of nitrogens with two attached hydrogens (primary N) is 1. The normalized spacial score (nSPS) is 14.2. The van der Waals surface area contributed by atoms with Crippen molar-refractivity contribution in [1.29, 1.82) is 0 Å². The maximum Gasteiger partial charge on any atom is 0.161 e. The van der Waals surface area contributed by atoms with Gasteiger partial charge < -0.3 is 25.2 Å². The average molecular weight is 282 g/mol. The molecule has 114 valence electrons. The molecule has 3 N–H and O–H groups in total. The van der Waals surface area contributed by atoms with Gasteiger partial charge in [0.1, 0.15) is 0 Å². The van der Waals surface area contributed by atoms with Gasteiger partial charge >= 0.3 is 0 Å². The Kier molecular flexibility index (Phi) is 6.78. The highest BCUT2D eigenvalue weighted by Crippen LogP contribution is 2.31. The highest BCUT2D eigenvalue weighted by atomic mass is 16.5. The molecule has 5 nitrogen and oxygen atoms in total. The molecule has 0 saturated carbocycles. The van der Waals surface area contributed by atoms with Crippen LogP contribution in [-0.2, 0) is 0 Å². The van der Waals surface area contributed by atoms with Gasteiger partial charge in [-0.1, -0.05) is 6.07 Å². The van der Waals surface area contributed by atoms with E-state index >= 15 is 0 Å². The summed E-state index contributed by atoms with van der Waals surface area (Å²) in [5.74, 6) is 1.29. The maximum atomic E-state index is 10.3. The Morgan fingerprint density at radius 1 is 1.30 bits per heavy atom. The molecule has 0 aliphatic rings. The number of nitrogens with zero attached hydrogens (tertiary/aromatic N) is 1. The van der Waals surface area contributed by atoms with Crippen LogP contribution in [0.1, 0.15) is 25.0 Å². The molecule has 2 atom stereocenters. The lowest BCUT2D eigenvalue weighted by atomic mass is 10.00. The van der Waals surface area contributed by atoms with Gasteiger partial charge in [-0.3, -0.25) is 0 Å². The van der Waals surface area contributed by atoms with Gasteiger partial charge in [0, 0.05) is 6.04 Å². The standard InChI is InChI=1S/C15H26N2O3/c1-5-20-13-7-6-11(10-14(13)19-4)15(18)12(16)8-9-17(2)3/h6-7,10,12,15,18H,5,8-9,16H2,1-4H3. The van der Waals surface area contributed by atoms with Gasteiger partial charge in [0.05, 0.1) is 19.8 Å². The minimum Gasteiger partial charge on any atom is -0.493 e. The molecule has 0 aromatic heterocycles. The third-order valence-corrected chi connectivity index (χ3v) is 3.14. The number of rotatable bonds is 8. The van der Waals surface area contributed by atoms with Gasteiger partial charge in [0.25, 0.3) is 0 Å². The summed E-state index contributed by atoms with van der Waals surface area (Å²) in [7, 11) is 5.55. The summed E-state index contributed by atoms with van der Waals surface area (Å²) in [4.78, 5) is 2.05. The first-order chi connectivity index (χ1) is 9.49. The van der Waals surface area contributed by atoms with Crippen LogP contribution in [0.4, 0.5) is 0 Å². The van der Waals surface area contributed by atoms with E-state index in [1.165, 1.54) is 0 Å². The van der Waals surface area contributed by atoms with E-state index in [1.54, 1.807) is 19.2 Å². The summed E-state index contributed by atoms with van der Waals surface area (Å²) in [6, 6.07) is 5.11. The van der Waals surface area contributed by atoms with Gasteiger partial charge in [-0.25, -0.2) is 0 Å². The van der Waals surface area contributed by atoms with E-state index in [2.05, 4.69) is 0 Å². The Labute approximate surface area is 121 Å². The lowest BCUT2D eigenvalue weighted by molar-refractivity contribution is 0.137. The van der Waals surface area contributed by atoms with Crippen LogP contribution < -0.4 is 15.2 Å². The van der Waals surface area contributed by atoms with Gasteiger partial charge in [-0.05, 0) is 51.7 Å². The van der Waals surface area contributed by atoms with Crippen LogP contribution in [0.5, 0.6) is 11.5 Å². The fraction of sp³-hybridized carbons (Fsp3) is 0.600. The van der Waals surface area contributed by atoms with Crippen molar-refractivity contribution in [2.24, 2.45) is 5.73 Å². The van der Waals surface area contributed by atoms with E-state index in [4.69, 9.17) is 15.2 Å². The quantitative estimate of drug-likeness (QED) is 0.754. The van der Waals surface area contributed by atoms with Crippen molar-refractivity contribution >= 4 is 0 Å². The molecule has 0 fully saturated rings. The molecule has 0 spiro atoms. The van der Waals surface area contributed by atoms with E-state index in [0.717, 1.165) is 18.5 Å². The molecular formula is C15H26N2O3. The van der Waals surface area contributed by atoms with E-state index in [-0.39, 0.29) is 6.04 Å². The SMILES string of the molecule is CCOc1ccc(C(O)C(N)CCN(C)C)cc1OC. The van der Waals surface area contributed by atoms with E-state index in [9.17, 15) is 5.11 Å². The lowest BCUT2D eigenvalue weighted by Crippen LogP contribution is -2.32. The zero-order valence-electron chi connectivity index (χ0n) is 12.8. The predicted molar refractivity (Wildman–Crippen MR) is 80.3 cm³/mol. The minimum atomic E-state index is -0.709. The minimum absolute atomic E-state index is 0.306. The number of aliphatic hydroxyl groups excluding tert-OH is 1. The molecule has 0 amide bonds. The highest BCUT2D eigenvalue weighted by Gasteiger charge is 2.18. The van der Waals surface area contributed by atoms with E-state index < -0.39 is 6.10 Å². The summed E-state index contributed by atoms with van der Waals surface area (Å²) in [6.07, 6.45) is 0.0171. The summed E-state index contributed by atoms with van der Waals surface area (Å²) in [5.41, 5.74) is 6.78. The zero-order chi connectivity index (χ0) is 15.1. The van der Waals surface area contributed by atoms with Crippen molar-refractivity contribution in [2.45, 2.75) is 25.5 Å². The third kappa shape index (κ3) is 4.67. The van der Waals surface area contributed by atoms with Crippen LogP contribution in [0.3, 0.4) is 0 Å². The van der Waals surface area contributed by atoms with Crippen LogP contribution >= 0.6 is 0 Å². The summed E-state index contributed by atoms with van der Waals surface area (Å²) in [6.45, 7) is 3.33. The first-order valence-electron chi connectivity index (χ1n) is 6.88. The second-order valence-electron chi connectivity index (χ2n) is 5.04. The topological polar surface area (TPSA) is 68.0 Å². The molecule has 0 bridgehead atoms. The molecule has 2 unspecified atom stereocenters. The van der Waals surface area contributed by atoms with Crippen molar-refractivity contribution in [3.05, 3.63) is 23.8 Å². The van der Waals surface area contributed by atoms with Crippen molar-refractivity contribution < 1.29 is 14.6 Å². The summed E-state index contributed by atoms with van der Waals surface area (Å²) < 4.78 is 10.7. The van der Waals surface area contributed by atoms with Crippen LogP contribution in [-0.4, -0.2) is 50.4 Å².